The van der Waals surface area contributed by atoms with Crippen LogP contribution in [0.5, 0.6) is 0 Å². The molecule has 2 N–H and O–H groups in total. The Bertz CT molecular complexity index is 137. The van der Waals surface area contributed by atoms with Crippen LogP contribution in [0, 0.1) is 5.92 Å². The Labute approximate surface area is 86.8 Å². The summed E-state index contributed by atoms with van der Waals surface area (Å²) in [6.07, 6.45) is 4.94. The molecule has 1 unspecified atom stereocenters. The van der Waals surface area contributed by atoms with E-state index in [1.165, 1.54) is 19.3 Å². The first-order valence-corrected chi connectivity index (χ1v) is 5.78. The van der Waals surface area contributed by atoms with Crippen molar-refractivity contribution in [1.82, 2.24) is 5.32 Å². The lowest BCUT2D eigenvalue weighted by Gasteiger charge is -2.14. The van der Waals surface area contributed by atoms with Crippen molar-refractivity contribution in [2.24, 2.45) is 5.92 Å². The summed E-state index contributed by atoms with van der Waals surface area (Å²) in [6, 6.07) is 0.209. The zero-order valence-corrected chi connectivity index (χ0v) is 9.17. The van der Waals surface area contributed by atoms with Crippen molar-refractivity contribution in [1.29, 1.82) is 0 Å². The van der Waals surface area contributed by atoms with Crippen LogP contribution in [0.1, 0.15) is 32.6 Å². The summed E-state index contributed by atoms with van der Waals surface area (Å²) < 4.78 is 5.51. The van der Waals surface area contributed by atoms with E-state index in [0.717, 1.165) is 32.1 Å². The first-order chi connectivity index (χ1) is 6.86. The van der Waals surface area contributed by atoms with E-state index < -0.39 is 0 Å². The number of nitrogens with one attached hydrogen (secondary N) is 1. The van der Waals surface area contributed by atoms with Gasteiger partial charge in [0.05, 0.1) is 6.61 Å². The molecule has 1 aliphatic carbocycles. The average molecular weight is 201 g/mol. The Morgan fingerprint density at radius 2 is 2.21 bits per heavy atom. The van der Waals surface area contributed by atoms with Crippen LogP contribution < -0.4 is 5.32 Å². The molecule has 0 saturated heterocycles. The van der Waals surface area contributed by atoms with Gasteiger partial charge in [0.25, 0.3) is 0 Å². The second-order valence-electron chi connectivity index (χ2n) is 4.07. The van der Waals surface area contributed by atoms with Gasteiger partial charge < -0.3 is 15.2 Å². The van der Waals surface area contributed by atoms with Gasteiger partial charge in [-0.05, 0) is 25.3 Å². The lowest BCUT2D eigenvalue weighted by Crippen LogP contribution is -2.33. The van der Waals surface area contributed by atoms with Crippen LogP contribution in [0.3, 0.4) is 0 Å². The van der Waals surface area contributed by atoms with Crippen molar-refractivity contribution < 1.29 is 9.84 Å². The third kappa shape index (κ3) is 5.58. The molecule has 14 heavy (non-hydrogen) atoms. The van der Waals surface area contributed by atoms with Gasteiger partial charge in [0.1, 0.15) is 0 Å². The lowest BCUT2D eigenvalue weighted by atomic mass is 10.2. The van der Waals surface area contributed by atoms with Crippen LogP contribution in [0.2, 0.25) is 0 Å². The van der Waals surface area contributed by atoms with E-state index in [1.807, 2.05) is 0 Å². The van der Waals surface area contributed by atoms with Crippen LogP contribution in [-0.2, 0) is 4.74 Å². The molecule has 0 heterocycles. The number of aliphatic hydroxyl groups is 1. The van der Waals surface area contributed by atoms with Crippen molar-refractivity contribution in [3.8, 4) is 0 Å². The molecule has 1 saturated carbocycles. The Kier molecular flexibility index (Phi) is 6.15. The van der Waals surface area contributed by atoms with E-state index >= 15 is 0 Å². The SMILES string of the molecule is CCNC(CO)CCOCCC1CC1. The van der Waals surface area contributed by atoms with E-state index in [4.69, 9.17) is 9.84 Å². The maximum absolute atomic E-state index is 8.99. The maximum atomic E-state index is 8.99. The predicted molar refractivity (Wildman–Crippen MR) is 57.3 cm³/mol. The third-order valence-corrected chi connectivity index (χ3v) is 2.69. The first-order valence-electron chi connectivity index (χ1n) is 5.78. The van der Waals surface area contributed by atoms with Gasteiger partial charge in [-0.25, -0.2) is 0 Å². The standard InChI is InChI=1S/C11H23NO2/c1-2-12-11(9-13)6-8-14-7-5-10-3-4-10/h10-13H,2-9H2,1H3. The highest BCUT2D eigenvalue weighted by atomic mass is 16.5. The molecule has 1 atom stereocenters. The second kappa shape index (κ2) is 7.21. The van der Waals surface area contributed by atoms with Crippen LogP contribution in [0.4, 0.5) is 0 Å². The Morgan fingerprint density at radius 1 is 1.43 bits per heavy atom. The van der Waals surface area contributed by atoms with Gasteiger partial charge in [0.15, 0.2) is 0 Å². The van der Waals surface area contributed by atoms with Crippen molar-refractivity contribution in [2.45, 2.75) is 38.6 Å². The van der Waals surface area contributed by atoms with Crippen molar-refractivity contribution in [3.05, 3.63) is 0 Å². The summed E-state index contributed by atoms with van der Waals surface area (Å²) in [6.45, 7) is 4.84. The number of rotatable bonds is 9. The molecule has 84 valence electrons. The minimum atomic E-state index is 0.208. The predicted octanol–water partition coefficient (Wildman–Crippen LogP) is 1.16. The highest BCUT2D eigenvalue weighted by Crippen LogP contribution is 2.32. The van der Waals surface area contributed by atoms with Gasteiger partial charge >= 0.3 is 0 Å². The Balaban J connectivity index is 1.84. The zero-order chi connectivity index (χ0) is 10.2. The molecule has 1 rings (SSSR count). The molecule has 0 bridgehead atoms. The van der Waals surface area contributed by atoms with Crippen molar-refractivity contribution in [2.75, 3.05) is 26.4 Å². The fourth-order valence-electron chi connectivity index (χ4n) is 1.53. The second-order valence-corrected chi connectivity index (χ2v) is 4.07. The molecule has 0 aliphatic heterocycles. The fraction of sp³-hybridized carbons (Fsp3) is 1.00. The van der Waals surface area contributed by atoms with Crippen molar-refractivity contribution in [3.63, 3.8) is 0 Å². The third-order valence-electron chi connectivity index (χ3n) is 2.69. The van der Waals surface area contributed by atoms with Gasteiger partial charge in [-0.1, -0.05) is 19.8 Å². The van der Waals surface area contributed by atoms with Gasteiger partial charge in [0.2, 0.25) is 0 Å². The average Bonchev–Trinajstić information content (AvgIpc) is 2.99. The summed E-state index contributed by atoms with van der Waals surface area (Å²) in [5.74, 6) is 0.956. The van der Waals surface area contributed by atoms with E-state index in [1.54, 1.807) is 0 Å². The number of aliphatic hydroxyl groups excluding tert-OH is 1. The summed E-state index contributed by atoms with van der Waals surface area (Å²) >= 11 is 0. The first kappa shape index (κ1) is 12.0. The summed E-state index contributed by atoms with van der Waals surface area (Å²) in [7, 11) is 0. The van der Waals surface area contributed by atoms with Gasteiger partial charge in [-0.15, -0.1) is 0 Å². The molecule has 0 spiro atoms. The van der Waals surface area contributed by atoms with Crippen LogP contribution in [0.25, 0.3) is 0 Å². The quantitative estimate of drug-likeness (QED) is 0.550. The largest absolute Gasteiger partial charge is 0.395 e. The van der Waals surface area contributed by atoms with E-state index in [0.29, 0.717) is 0 Å². The molecule has 0 aromatic heterocycles. The molecule has 0 aromatic rings. The summed E-state index contributed by atoms with van der Waals surface area (Å²) in [4.78, 5) is 0. The topological polar surface area (TPSA) is 41.5 Å². The number of hydrogen-bond donors (Lipinski definition) is 2. The monoisotopic (exact) mass is 201 g/mol. The van der Waals surface area contributed by atoms with E-state index in [-0.39, 0.29) is 12.6 Å². The molecule has 1 fully saturated rings. The Hall–Kier alpha value is -0.120. The zero-order valence-electron chi connectivity index (χ0n) is 9.17. The minimum absolute atomic E-state index is 0.208. The molecule has 1 aliphatic rings. The minimum Gasteiger partial charge on any atom is -0.395 e. The van der Waals surface area contributed by atoms with Crippen molar-refractivity contribution >= 4 is 0 Å². The van der Waals surface area contributed by atoms with Gasteiger partial charge in [-0.2, -0.15) is 0 Å². The molecule has 3 heteroatoms. The highest BCUT2D eigenvalue weighted by molar-refractivity contribution is 4.72. The maximum Gasteiger partial charge on any atom is 0.0585 e. The number of likely N-dealkylation sites (N-methyl/N-ethyl adjacent to an activating group) is 1. The Morgan fingerprint density at radius 3 is 2.79 bits per heavy atom. The smallest absolute Gasteiger partial charge is 0.0585 e. The molecule has 0 amide bonds. The van der Waals surface area contributed by atoms with Gasteiger partial charge in [0, 0.05) is 19.3 Å². The molecular formula is C11H23NO2. The van der Waals surface area contributed by atoms with E-state index in [2.05, 4.69) is 12.2 Å². The summed E-state index contributed by atoms with van der Waals surface area (Å²) in [5, 5.41) is 12.2. The van der Waals surface area contributed by atoms with Crippen LogP contribution in [-0.4, -0.2) is 37.5 Å². The number of hydrogen-bond acceptors (Lipinski definition) is 3. The van der Waals surface area contributed by atoms with E-state index in [9.17, 15) is 0 Å². The lowest BCUT2D eigenvalue weighted by molar-refractivity contribution is 0.109. The van der Waals surface area contributed by atoms with Crippen LogP contribution >= 0.6 is 0 Å². The molecule has 0 aromatic carbocycles. The molecule has 3 nitrogen and oxygen atoms in total. The normalized spacial score (nSPS) is 18.4. The van der Waals surface area contributed by atoms with Crippen LogP contribution in [0.15, 0.2) is 0 Å². The number of ether oxygens (including phenoxy) is 1. The fourth-order valence-corrected chi connectivity index (χ4v) is 1.53. The van der Waals surface area contributed by atoms with Gasteiger partial charge in [-0.3, -0.25) is 0 Å². The summed E-state index contributed by atoms with van der Waals surface area (Å²) in [5.41, 5.74) is 0. The highest BCUT2D eigenvalue weighted by Gasteiger charge is 2.20. The molecule has 0 radical (unpaired) electrons. The molecular weight excluding hydrogens is 178 g/mol.